The highest BCUT2D eigenvalue weighted by molar-refractivity contribution is 7.09. The molecule has 1 aromatic rings. The molecule has 94 valence electrons. The first-order valence-electron chi connectivity index (χ1n) is 6.43. The summed E-state index contributed by atoms with van der Waals surface area (Å²) in [5.41, 5.74) is 0. The first kappa shape index (κ1) is 11.4. The molecule has 0 amide bonds. The highest BCUT2D eigenvalue weighted by Gasteiger charge is 2.41. The second-order valence-electron chi connectivity index (χ2n) is 5.16. The number of anilines is 1. The van der Waals surface area contributed by atoms with Crippen LogP contribution in [0.3, 0.4) is 0 Å². The SMILES string of the molecule is COCCNc1nc(C2CC3CCC2C3)ns1. The van der Waals surface area contributed by atoms with Crippen molar-refractivity contribution in [3.63, 3.8) is 0 Å². The van der Waals surface area contributed by atoms with E-state index in [9.17, 15) is 0 Å². The van der Waals surface area contributed by atoms with Gasteiger partial charge in [0, 0.05) is 31.1 Å². The van der Waals surface area contributed by atoms with E-state index >= 15 is 0 Å². The van der Waals surface area contributed by atoms with Gasteiger partial charge in [0.05, 0.1) is 6.61 Å². The van der Waals surface area contributed by atoms with Gasteiger partial charge in [-0.25, -0.2) is 4.98 Å². The summed E-state index contributed by atoms with van der Waals surface area (Å²) < 4.78 is 9.53. The van der Waals surface area contributed by atoms with Crippen LogP contribution >= 0.6 is 11.5 Å². The maximum atomic E-state index is 5.00. The summed E-state index contributed by atoms with van der Waals surface area (Å²) in [5.74, 6) is 3.55. The minimum Gasteiger partial charge on any atom is -0.383 e. The van der Waals surface area contributed by atoms with Crippen molar-refractivity contribution in [3.8, 4) is 0 Å². The Labute approximate surface area is 106 Å². The Morgan fingerprint density at radius 2 is 2.35 bits per heavy atom. The standard InChI is InChI=1S/C12H19N3OS/c1-16-5-4-13-12-14-11(15-17-12)10-7-8-2-3-9(10)6-8/h8-10H,2-7H2,1H3,(H,13,14,15). The Bertz CT molecular complexity index is 382. The van der Waals surface area contributed by atoms with E-state index in [1.165, 1.54) is 37.2 Å². The Balaban J connectivity index is 1.60. The van der Waals surface area contributed by atoms with Gasteiger partial charge >= 0.3 is 0 Å². The minimum atomic E-state index is 0.642. The van der Waals surface area contributed by atoms with Crippen molar-refractivity contribution in [1.29, 1.82) is 0 Å². The molecule has 2 saturated carbocycles. The van der Waals surface area contributed by atoms with Crippen molar-refractivity contribution >= 4 is 16.7 Å². The van der Waals surface area contributed by atoms with Crippen LogP contribution in [0.25, 0.3) is 0 Å². The Morgan fingerprint density at radius 1 is 1.41 bits per heavy atom. The van der Waals surface area contributed by atoms with Crippen LogP contribution in [0.15, 0.2) is 0 Å². The number of nitrogens with zero attached hydrogens (tertiary/aromatic N) is 2. The minimum absolute atomic E-state index is 0.642. The highest BCUT2D eigenvalue weighted by atomic mass is 32.1. The molecule has 0 aromatic carbocycles. The van der Waals surface area contributed by atoms with E-state index in [1.54, 1.807) is 7.11 Å². The Morgan fingerprint density at radius 3 is 3.06 bits per heavy atom. The third kappa shape index (κ3) is 2.31. The van der Waals surface area contributed by atoms with Gasteiger partial charge in [0.15, 0.2) is 0 Å². The molecule has 1 N–H and O–H groups in total. The second kappa shape index (κ2) is 4.90. The van der Waals surface area contributed by atoms with Crippen LogP contribution < -0.4 is 5.32 Å². The Hall–Kier alpha value is -0.680. The molecule has 4 nitrogen and oxygen atoms in total. The quantitative estimate of drug-likeness (QED) is 0.819. The van der Waals surface area contributed by atoms with Crippen molar-refractivity contribution in [1.82, 2.24) is 9.36 Å². The van der Waals surface area contributed by atoms with Gasteiger partial charge < -0.3 is 10.1 Å². The number of nitrogens with one attached hydrogen (secondary N) is 1. The summed E-state index contributed by atoms with van der Waals surface area (Å²) in [6.45, 7) is 1.52. The van der Waals surface area contributed by atoms with Gasteiger partial charge in [-0.1, -0.05) is 6.42 Å². The summed E-state index contributed by atoms with van der Waals surface area (Å²) in [7, 11) is 1.71. The fourth-order valence-electron chi connectivity index (χ4n) is 3.28. The van der Waals surface area contributed by atoms with Crippen LogP contribution in [0.1, 0.15) is 37.4 Å². The van der Waals surface area contributed by atoms with Gasteiger partial charge in [0.1, 0.15) is 5.82 Å². The van der Waals surface area contributed by atoms with Crippen LogP contribution in [0.4, 0.5) is 5.13 Å². The molecule has 0 saturated heterocycles. The fourth-order valence-corrected chi connectivity index (χ4v) is 3.94. The maximum Gasteiger partial charge on any atom is 0.202 e. The van der Waals surface area contributed by atoms with Gasteiger partial charge in [-0.3, -0.25) is 0 Å². The summed E-state index contributed by atoms with van der Waals surface area (Å²) in [6, 6.07) is 0. The average Bonchev–Trinajstić information content (AvgIpc) is 3.04. The van der Waals surface area contributed by atoms with E-state index in [2.05, 4.69) is 14.7 Å². The average molecular weight is 253 g/mol. The number of methoxy groups -OCH3 is 1. The zero-order valence-corrected chi connectivity index (χ0v) is 11.0. The molecule has 2 bridgehead atoms. The molecule has 0 radical (unpaired) electrons. The first-order chi connectivity index (χ1) is 8.36. The predicted octanol–water partition coefficient (Wildman–Crippen LogP) is 2.50. The van der Waals surface area contributed by atoms with Crippen molar-refractivity contribution in [2.75, 3.05) is 25.6 Å². The number of hydrogen-bond donors (Lipinski definition) is 1. The lowest BCUT2D eigenvalue weighted by Gasteiger charge is -2.18. The summed E-state index contributed by atoms with van der Waals surface area (Å²) in [5, 5.41) is 4.20. The molecule has 2 fully saturated rings. The van der Waals surface area contributed by atoms with Crippen LogP contribution in [0.5, 0.6) is 0 Å². The third-order valence-electron chi connectivity index (χ3n) is 4.09. The van der Waals surface area contributed by atoms with E-state index in [-0.39, 0.29) is 0 Å². The van der Waals surface area contributed by atoms with E-state index in [0.717, 1.165) is 29.3 Å². The molecule has 1 heterocycles. The lowest BCUT2D eigenvalue weighted by molar-refractivity contribution is 0.211. The molecule has 5 heteroatoms. The van der Waals surface area contributed by atoms with Crippen molar-refractivity contribution in [2.24, 2.45) is 11.8 Å². The lowest BCUT2D eigenvalue weighted by atomic mass is 9.88. The second-order valence-corrected chi connectivity index (χ2v) is 5.91. The molecule has 2 aliphatic carbocycles. The zero-order valence-electron chi connectivity index (χ0n) is 10.2. The smallest absolute Gasteiger partial charge is 0.202 e. The summed E-state index contributed by atoms with van der Waals surface area (Å²) in [6.07, 6.45) is 5.56. The summed E-state index contributed by atoms with van der Waals surface area (Å²) >= 11 is 1.49. The van der Waals surface area contributed by atoms with Crippen molar-refractivity contribution < 1.29 is 4.74 Å². The molecule has 3 rings (SSSR count). The zero-order chi connectivity index (χ0) is 11.7. The van der Waals surface area contributed by atoms with Crippen LogP contribution in [0.2, 0.25) is 0 Å². The van der Waals surface area contributed by atoms with Crippen LogP contribution in [-0.4, -0.2) is 29.6 Å². The van der Waals surface area contributed by atoms with Gasteiger partial charge in [0.25, 0.3) is 0 Å². The number of rotatable bonds is 5. The van der Waals surface area contributed by atoms with E-state index in [1.807, 2.05) is 0 Å². The highest BCUT2D eigenvalue weighted by Crippen LogP contribution is 2.52. The van der Waals surface area contributed by atoms with E-state index in [0.29, 0.717) is 12.5 Å². The number of aromatic nitrogens is 2. The molecule has 2 aliphatic rings. The fraction of sp³-hybridized carbons (Fsp3) is 0.833. The van der Waals surface area contributed by atoms with Crippen LogP contribution in [0, 0.1) is 11.8 Å². The molecule has 0 spiro atoms. The predicted molar refractivity (Wildman–Crippen MR) is 68.5 cm³/mol. The van der Waals surface area contributed by atoms with E-state index in [4.69, 9.17) is 4.74 Å². The molecular formula is C12H19N3OS. The molecule has 17 heavy (non-hydrogen) atoms. The van der Waals surface area contributed by atoms with Gasteiger partial charge in [-0.05, 0) is 31.1 Å². The molecule has 0 aliphatic heterocycles. The molecule has 3 atom stereocenters. The summed E-state index contributed by atoms with van der Waals surface area (Å²) in [4.78, 5) is 4.62. The lowest BCUT2D eigenvalue weighted by Crippen LogP contribution is -2.11. The van der Waals surface area contributed by atoms with Gasteiger partial charge in [0.2, 0.25) is 5.13 Å². The third-order valence-corrected chi connectivity index (χ3v) is 4.78. The van der Waals surface area contributed by atoms with Crippen LogP contribution in [-0.2, 0) is 4.74 Å². The molecule has 3 unspecified atom stereocenters. The molecular weight excluding hydrogens is 234 g/mol. The molecule has 1 aromatic heterocycles. The largest absolute Gasteiger partial charge is 0.383 e. The maximum absolute atomic E-state index is 5.00. The van der Waals surface area contributed by atoms with Crippen molar-refractivity contribution in [3.05, 3.63) is 5.82 Å². The van der Waals surface area contributed by atoms with E-state index < -0.39 is 0 Å². The first-order valence-corrected chi connectivity index (χ1v) is 7.20. The Kier molecular flexibility index (Phi) is 3.29. The van der Waals surface area contributed by atoms with Crippen molar-refractivity contribution in [2.45, 2.75) is 31.6 Å². The van der Waals surface area contributed by atoms with Gasteiger partial charge in [-0.2, -0.15) is 4.37 Å². The monoisotopic (exact) mass is 253 g/mol. The number of ether oxygens (including phenoxy) is 1. The number of fused-ring (bicyclic) bond motifs is 2. The normalized spacial score (nSPS) is 31.0. The van der Waals surface area contributed by atoms with Gasteiger partial charge in [-0.15, -0.1) is 0 Å². The topological polar surface area (TPSA) is 47.0 Å². The number of hydrogen-bond acceptors (Lipinski definition) is 5.